The maximum atomic E-state index is 5.81. The Morgan fingerprint density at radius 3 is 1.03 bits per heavy atom. The number of unbranched alkanes of at least 4 members (excludes halogenated alkanes) is 20. The van der Waals surface area contributed by atoms with Crippen LogP contribution in [0.25, 0.3) is 0 Å². The van der Waals surface area contributed by atoms with Gasteiger partial charge in [-0.3, -0.25) is 0 Å². The van der Waals surface area contributed by atoms with Gasteiger partial charge in [-0.2, -0.15) is 0 Å². The van der Waals surface area contributed by atoms with Crippen LogP contribution in [-0.2, 0) is 4.74 Å². The van der Waals surface area contributed by atoms with Crippen molar-refractivity contribution in [2.45, 2.75) is 168 Å². The van der Waals surface area contributed by atoms with Gasteiger partial charge < -0.3 is 4.74 Å². The maximum Gasteiger partial charge on any atom is 0.0466 e. The summed E-state index contributed by atoms with van der Waals surface area (Å²) < 4.78 is 5.81. The van der Waals surface area contributed by atoms with Crippen molar-refractivity contribution in [1.29, 1.82) is 0 Å². The van der Waals surface area contributed by atoms with Crippen LogP contribution in [0.3, 0.4) is 0 Å². The Hall–Kier alpha value is -0.0400. The molecule has 1 heteroatoms. The van der Waals surface area contributed by atoms with Gasteiger partial charge in [0.2, 0.25) is 0 Å². The number of rotatable bonds is 26. The van der Waals surface area contributed by atoms with Gasteiger partial charge in [0, 0.05) is 13.2 Å². The van der Waals surface area contributed by atoms with Crippen molar-refractivity contribution in [3.63, 3.8) is 0 Å². The van der Waals surface area contributed by atoms with E-state index in [1.54, 1.807) is 0 Å². The van der Waals surface area contributed by atoms with E-state index in [1.807, 2.05) is 0 Å². The molecular formula is C29H60O. The first-order valence-corrected chi connectivity index (χ1v) is 14.3. The first-order chi connectivity index (χ1) is 14.8. The van der Waals surface area contributed by atoms with Gasteiger partial charge in [0.05, 0.1) is 0 Å². The van der Waals surface area contributed by atoms with Gasteiger partial charge in [0.1, 0.15) is 0 Å². The summed E-state index contributed by atoms with van der Waals surface area (Å²) in [4.78, 5) is 0. The molecule has 0 N–H and O–H groups in total. The second kappa shape index (κ2) is 27.0. The van der Waals surface area contributed by atoms with Gasteiger partial charge in [0.25, 0.3) is 0 Å². The van der Waals surface area contributed by atoms with Crippen LogP contribution in [0.1, 0.15) is 168 Å². The lowest BCUT2D eigenvalue weighted by Gasteiger charge is -2.06. The molecule has 0 amide bonds. The van der Waals surface area contributed by atoms with Crippen molar-refractivity contribution in [3.8, 4) is 0 Å². The molecule has 0 aliphatic heterocycles. The predicted octanol–water partition coefficient (Wildman–Crippen LogP) is 10.7. The second-order valence-electron chi connectivity index (χ2n) is 10.2. The van der Waals surface area contributed by atoms with E-state index in [0.717, 1.165) is 19.1 Å². The standard InChI is InChI=1S/C29H60O/c1-4-5-6-7-8-9-10-11-12-13-14-15-16-18-21-24-27-30-28-25-22-19-17-20-23-26-29(2)3/h29H,4-28H2,1-3H3. The van der Waals surface area contributed by atoms with E-state index in [0.29, 0.717) is 0 Å². The Balaban J connectivity index is 2.99. The zero-order chi connectivity index (χ0) is 22.0. The fourth-order valence-corrected chi connectivity index (χ4v) is 4.32. The van der Waals surface area contributed by atoms with E-state index in [9.17, 15) is 0 Å². The van der Waals surface area contributed by atoms with Crippen LogP contribution >= 0.6 is 0 Å². The fourth-order valence-electron chi connectivity index (χ4n) is 4.32. The topological polar surface area (TPSA) is 9.23 Å². The molecule has 0 aromatic rings. The lowest BCUT2D eigenvalue weighted by atomic mass is 10.0. The largest absolute Gasteiger partial charge is 0.381 e. The van der Waals surface area contributed by atoms with Gasteiger partial charge in [-0.05, 0) is 18.8 Å². The predicted molar refractivity (Wildman–Crippen MR) is 138 cm³/mol. The molecule has 0 fully saturated rings. The summed E-state index contributed by atoms with van der Waals surface area (Å²) in [6, 6.07) is 0. The van der Waals surface area contributed by atoms with E-state index in [2.05, 4.69) is 20.8 Å². The molecule has 0 aliphatic rings. The maximum absolute atomic E-state index is 5.81. The minimum atomic E-state index is 0.878. The highest BCUT2D eigenvalue weighted by molar-refractivity contribution is 4.51. The lowest BCUT2D eigenvalue weighted by Crippen LogP contribution is -1.97. The Labute approximate surface area is 192 Å². The SMILES string of the molecule is CCCCCCCCCCCCCCCCCCOCCCCCCCCC(C)C. The minimum Gasteiger partial charge on any atom is -0.381 e. The molecule has 0 aromatic heterocycles. The van der Waals surface area contributed by atoms with E-state index in [-0.39, 0.29) is 0 Å². The number of hydrogen-bond acceptors (Lipinski definition) is 1. The van der Waals surface area contributed by atoms with Crippen molar-refractivity contribution in [2.75, 3.05) is 13.2 Å². The Morgan fingerprint density at radius 2 is 0.700 bits per heavy atom. The third-order valence-electron chi connectivity index (χ3n) is 6.46. The molecule has 30 heavy (non-hydrogen) atoms. The van der Waals surface area contributed by atoms with E-state index < -0.39 is 0 Å². The molecular weight excluding hydrogens is 364 g/mol. The molecule has 0 unspecified atom stereocenters. The Kier molecular flexibility index (Phi) is 27.0. The summed E-state index contributed by atoms with van der Waals surface area (Å²) in [7, 11) is 0. The fraction of sp³-hybridized carbons (Fsp3) is 1.00. The van der Waals surface area contributed by atoms with Crippen LogP contribution in [0.2, 0.25) is 0 Å². The molecule has 0 spiro atoms. The molecule has 0 radical (unpaired) electrons. The van der Waals surface area contributed by atoms with E-state index >= 15 is 0 Å². The first kappa shape index (κ1) is 30.0. The highest BCUT2D eigenvalue weighted by atomic mass is 16.5. The average molecular weight is 425 g/mol. The number of ether oxygens (including phenoxy) is 1. The molecule has 0 atom stereocenters. The third kappa shape index (κ3) is 28.0. The monoisotopic (exact) mass is 424 g/mol. The molecule has 1 nitrogen and oxygen atoms in total. The van der Waals surface area contributed by atoms with Crippen LogP contribution in [0.15, 0.2) is 0 Å². The molecule has 0 bridgehead atoms. The summed E-state index contributed by atoms with van der Waals surface area (Å²) in [6.07, 6.45) is 32.7. The second-order valence-corrected chi connectivity index (χ2v) is 10.2. The Morgan fingerprint density at radius 1 is 0.400 bits per heavy atom. The van der Waals surface area contributed by atoms with Gasteiger partial charge in [0.15, 0.2) is 0 Å². The third-order valence-corrected chi connectivity index (χ3v) is 6.46. The van der Waals surface area contributed by atoms with Gasteiger partial charge in [-0.15, -0.1) is 0 Å². The van der Waals surface area contributed by atoms with Crippen LogP contribution in [0.5, 0.6) is 0 Å². The van der Waals surface area contributed by atoms with E-state index in [1.165, 1.54) is 148 Å². The van der Waals surface area contributed by atoms with Gasteiger partial charge >= 0.3 is 0 Å². The summed E-state index contributed by atoms with van der Waals surface area (Å²) in [6.45, 7) is 8.94. The first-order valence-electron chi connectivity index (χ1n) is 14.3. The van der Waals surface area contributed by atoms with Crippen molar-refractivity contribution < 1.29 is 4.74 Å². The van der Waals surface area contributed by atoms with E-state index in [4.69, 9.17) is 4.74 Å². The van der Waals surface area contributed by atoms with Crippen LogP contribution in [-0.4, -0.2) is 13.2 Å². The molecule has 0 aromatic carbocycles. The van der Waals surface area contributed by atoms with Crippen LogP contribution in [0.4, 0.5) is 0 Å². The van der Waals surface area contributed by atoms with Crippen molar-refractivity contribution >= 4 is 0 Å². The normalized spacial score (nSPS) is 11.6. The van der Waals surface area contributed by atoms with Crippen molar-refractivity contribution in [3.05, 3.63) is 0 Å². The molecule has 0 saturated heterocycles. The van der Waals surface area contributed by atoms with Crippen LogP contribution in [0, 0.1) is 5.92 Å². The molecule has 182 valence electrons. The smallest absolute Gasteiger partial charge is 0.0466 e. The highest BCUT2D eigenvalue weighted by Gasteiger charge is 1.97. The van der Waals surface area contributed by atoms with Gasteiger partial charge in [-0.1, -0.05) is 156 Å². The molecule has 0 saturated carbocycles. The van der Waals surface area contributed by atoms with Crippen LogP contribution < -0.4 is 0 Å². The highest BCUT2D eigenvalue weighted by Crippen LogP contribution is 2.14. The number of hydrogen-bond donors (Lipinski definition) is 0. The molecule has 0 aliphatic carbocycles. The minimum absolute atomic E-state index is 0.878. The summed E-state index contributed by atoms with van der Waals surface area (Å²) in [5.74, 6) is 0.878. The Bertz CT molecular complexity index is 286. The van der Waals surface area contributed by atoms with Crippen molar-refractivity contribution in [2.24, 2.45) is 5.92 Å². The lowest BCUT2D eigenvalue weighted by molar-refractivity contribution is 0.125. The molecule has 0 rings (SSSR count). The summed E-state index contributed by atoms with van der Waals surface area (Å²) in [5.41, 5.74) is 0. The van der Waals surface area contributed by atoms with Crippen molar-refractivity contribution in [1.82, 2.24) is 0 Å². The quantitative estimate of drug-likeness (QED) is 0.125. The average Bonchev–Trinajstić information content (AvgIpc) is 2.73. The summed E-state index contributed by atoms with van der Waals surface area (Å²) in [5, 5.41) is 0. The summed E-state index contributed by atoms with van der Waals surface area (Å²) >= 11 is 0. The molecule has 0 heterocycles. The van der Waals surface area contributed by atoms with Gasteiger partial charge in [-0.25, -0.2) is 0 Å². The zero-order valence-corrected chi connectivity index (χ0v) is 21.7. The zero-order valence-electron chi connectivity index (χ0n) is 21.7.